The number of thioether (sulfide) groups is 1. The molecular weight excluding hydrogens is 363 g/mol. The normalized spacial score (nSPS) is 10.5. The average molecular weight is 382 g/mol. The Morgan fingerprint density at radius 1 is 1.04 bits per heavy atom. The third kappa shape index (κ3) is 5.08. The minimum absolute atomic E-state index is 0.109. The first-order valence-electron chi connectivity index (χ1n) is 8.66. The van der Waals surface area contributed by atoms with E-state index in [-0.39, 0.29) is 12.4 Å². The van der Waals surface area contributed by atoms with Gasteiger partial charge in [-0.15, -0.1) is 10.2 Å². The number of hydrogen-bond donors (Lipinski definition) is 0. The summed E-state index contributed by atoms with van der Waals surface area (Å²) >= 11 is 1.59. The average Bonchev–Trinajstić information content (AvgIpc) is 3.10. The maximum atomic E-state index is 13.8. The van der Waals surface area contributed by atoms with Gasteiger partial charge in [0.2, 0.25) is 0 Å². The summed E-state index contributed by atoms with van der Waals surface area (Å²) in [5, 5.41) is 17.9. The molecule has 1 aromatic heterocycles. The van der Waals surface area contributed by atoms with Crippen LogP contribution >= 0.6 is 11.8 Å². The van der Waals surface area contributed by atoms with E-state index in [9.17, 15) is 4.39 Å². The summed E-state index contributed by atoms with van der Waals surface area (Å²) in [6, 6.07) is 18.2. The van der Waals surface area contributed by atoms with Crippen molar-refractivity contribution in [3.63, 3.8) is 0 Å². The van der Waals surface area contributed by atoms with Crippen LogP contribution in [0, 0.1) is 17.1 Å². The molecule has 0 spiro atoms. The standard InChI is InChI=1S/C20H19FN4OS/c21-17-11-5-6-12-18(17)26-15-19-23-24-20(27-14-8-2-7-13-22)25(19)16-9-3-1-4-10-16/h1,3-6,9-12H,2,7-8,14-15H2. The SMILES string of the molecule is N#CCCCCSc1nnc(COc2ccccc2F)n1-c1ccccc1. The van der Waals surface area contributed by atoms with Gasteiger partial charge in [0.05, 0.1) is 6.07 Å². The molecule has 2 aromatic carbocycles. The van der Waals surface area contributed by atoms with Crippen LogP contribution in [0.1, 0.15) is 25.1 Å². The third-order valence-electron chi connectivity index (χ3n) is 3.82. The van der Waals surface area contributed by atoms with Gasteiger partial charge in [-0.25, -0.2) is 4.39 Å². The maximum absolute atomic E-state index is 13.8. The van der Waals surface area contributed by atoms with Crippen LogP contribution in [0.2, 0.25) is 0 Å². The highest BCUT2D eigenvalue weighted by Crippen LogP contribution is 2.24. The zero-order chi connectivity index (χ0) is 18.9. The van der Waals surface area contributed by atoms with Gasteiger partial charge in [-0.05, 0) is 37.1 Å². The van der Waals surface area contributed by atoms with Crippen LogP contribution in [0.25, 0.3) is 5.69 Å². The van der Waals surface area contributed by atoms with Crippen LogP contribution in [0.5, 0.6) is 5.75 Å². The van der Waals surface area contributed by atoms with E-state index < -0.39 is 5.82 Å². The lowest BCUT2D eigenvalue weighted by atomic mass is 10.3. The summed E-state index contributed by atoms with van der Waals surface area (Å²) in [5.41, 5.74) is 0.925. The van der Waals surface area contributed by atoms with Gasteiger partial charge in [0.1, 0.15) is 6.61 Å². The molecular formula is C20H19FN4OS. The number of benzene rings is 2. The molecule has 5 nitrogen and oxygen atoms in total. The van der Waals surface area contributed by atoms with Crippen LogP contribution in [0.15, 0.2) is 59.8 Å². The van der Waals surface area contributed by atoms with Gasteiger partial charge in [0.25, 0.3) is 0 Å². The Labute approximate surface area is 161 Å². The predicted octanol–water partition coefficient (Wildman–Crippen LogP) is 4.77. The summed E-state index contributed by atoms with van der Waals surface area (Å²) in [7, 11) is 0. The van der Waals surface area contributed by atoms with Crippen molar-refractivity contribution in [2.75, 3.05) is 5.75 Å². The van der Waals surface area contributed by atoms with Crippen LogP contribution in [-0.4, -0.2) is 20.5 Å². The number of halogens is 1. The lowest BCUT2D eigenvalue weighted by molar-refractivity contribution is 0.278. The Morgan fingerprint density at radius 3 is 2.59 bits per heavy atom. The first kappa shape index (κ1) is 18.9. The molecule has 3 rings (SSSR count). The predicted molar refractivity (Wildman–Crippen MR) is 102 cm³/mol. The second-order valence-corrected chi connectivity index (χ2v) is 6.81. The molecule has 7 heteroatoms. The van der Waals surface area contributed by atoms with E-state index in [0.717, 1.165) is 29.4 Å². The van der Waals surface area contributed by atoms with Crippen LogP contribution < -0.4 is 4.74 Å². The van der Waals surface area contributed by atoms with Crippen LogP contribution in [0.3, 0.4) is 0 Å². The molecule has 0 fully saturated rings. The van der Waals surface area contributed by atoms with Gasteiger partial charge in [-0.1, -0.05) is 42.1 Å². The van der Waals surface area contributed by atoms with Crippen molar-refractivity contribution in [1.29, 1.82) is 5.26 Å². The van der Waals surface area contributed by atoms with E-state index >= 15 is 0 Å². The fourth-order valence-electron chi connectivity index (χ4n) is 2.50. The van der Waals surface area contributed by atoms with Crippen molar-refractivity contribution in [2.24, 2.45) is 0 Å². The van der Waals surface area contributed by atoms with Crippen molar-refractivity contribution in [2.45, 2.75) is 31.0 Å². The Balaban J connectivity index is 1.77. The molecule has 3 aromatic rings. The quantitative estimate of drug-likeness (QED) is 0.394. The number of nitrogens with zero attached hydrogens (tertiary/aromatic N) is 4. The molecule has 27 heavy (non-hydrogen) atoms. The van der Waals surface area contributed by atoms with Gasteiger partial charge >= 0.3 is 0 Å². The fraction of sp³-hybridized carbons (Fsp3) is 0.250. The monoisotopic (exact) mass is 382 g/mol. The number of aromatic nitrogens is 3. The molecule has 0 radical (unpaired) electrons. The molecule has 0 atom stereocenters. The van der Waals surface area contributed by atoms with Gasteiger partial charge < -0.3 is 4.74 Å². The fourth-order valence-corrected chi connectivity index (χ4v) is 3.47. The van der Waals surface area contributed by atoms with Crippen LogP contribution in [-0.2, 0) is 6.61 Å². The summed E-state index contributed by atoms with van der Waals surface area (Å²) in [5.74, 6) is 1.23. The molecule has 0 unspecified atom stereocenters. The topological polar surface area (TPSA) is 63.7 Å². The largest absolute Gasteiger partial charge is 0.483 e. The van der Waals surface area contributed by atoms with E-state index in [1.807, 2.05) is 34.9 Å². The van der Waals surface area contributed by atoms with Gasteiger partial charge in [0, 0.05) is 17.9 Å². The second kappa shape index (κ2) is 9.74. The number of hydrogen-bond acceptors (Lipinski definition) is 5. The van der Waals surface area contributed by atoms with E-state index in [2.05, 4.69) is 16.3 Å². The molecule has 0 aliphatic heterocycles. The minimum atomic E-state index is -0.407. The summed E-state index contributed by atoms with van der Waals surface area (Å²) in [6.07, 6.45) is 2.36. The zero-order valence-electron chi connectivity index (χ0n) is 14.7. The maximum Gasteiger partial charge on any atom is 0.195 e. The number of nitriles is 1. The minimum Gasteiger partial charge on any atom is -0.483 e. The highest BCUT2D eigenvalue weighted by molar-refractivity contribution is 7.99. The molecule has 1 heterocycles. The molecule has 0 bridgehead atoms. The molecule has 138 valence electrons. The van der Waals surface area contributed by atoms with Crippen molar-refractivity contribution in [1.82, 2.24) is 14.8 Å². The number of unbranched alkanes of at least 4 members (excludes halogenated alkanes) is 2. The number of para-hydroxylation sites is 2. The molecule has 0 N–H and O–H groups in total. The zero-order valence-corrected chi connectivity index (χ0v) is 15.5. The van der Waals surface area contributed by atoms with E-state index in [1.165, 1.54) is 6.07 Å². The van der Waals surface area contributed by atoms with E-state index in [0.29, 0.717) is 12.2 Å². The van der Waals surface area contributed by atoms with Gasteiger partial charge in [0.15, 0.2) is 22.5 Å². The second-order valence-electron chi connectivity index (χ2n) is 5.75. The lowest BCUT2D eigenvalue weighted by Gasteiger charge is -2.11. The van der Waals surface area contributed by atoms with Crippen molar-refractivity contribution >= 4 is 11.8 Å². The molecule has 0 saturated carbocycles. The molecule has 0 aliphatic rings. The number of ether oxygens (including phenoxy) is 1. The summed E-state index contributed by atoms with van der Waals surface area (Å²) in [4.78, 5) is 0. The van der Waals surface area contributed by atoms with Gasteiger partial charge in [-0.3, -0.25) is 4.57 Å². The highest BCUT2D eigenvalue weighted by Gasteiger charge is 2.15. The Kier molecular flexibility index (Phi) is 6.83. The Hall–Kier alpha value is -2.85. The van der Waals surface area contributed by atoms with Gasteiger partial charge in [-0.2, -0.15) is 5.26 Å². The van der Waals surface area contributed by atoms with Crippen molar-refractivity contribution in [3.05, 3.63) is 66.2 Å². The van der Waals surface area contributed by atoms with E-state index in [1.54, 1.807) is 30.0 Å². The smallest absolute Gasteiger partial charge is 0.195 e. The molecule has 0 saturated heterocycles. The Morgan fingerprint density at radius 2 is 1.81 bits per heavy atom. The third-order valence-corrected chi connectivity index (χ3v) is 4.84. The first-order chi connectivity index (χ1) is 13.3. The summed E-state index contributed by atoms with van der Waals surface area (Å²) in [6.45, 7) is 0.109. The number of rotatable bonds is 9. The highest BCUT2D eigenvalue weighted by atomic mass is 32.2. The van der Waals surface area contributed by atoms with Crippen LogP contribution in [0.4, 0.5) is 4.39 Å². The Bertz CT molecular complexity index is 908. The summed E-state index contributed by atoms with van der Waals surface area (Å²) < 4.78 is 21.3. The van der Waals surface area contributed by atoms with E-state index in [4.69, 9.17) is 10.00 Å². The lowest BCUT2D eigenvalue weighted by Crippen LogP contribution is -2.07. The molecule has 0 aliphatic carbocycles. The molecule has 0 amide bonds. The van der Waals surface area contributed by atoms with Crippen molar-refractivity contribution in [3.8, 4) is 17.5 Å². The first-order valence-corrected chi connectivity index (χ1v) is 9.65. The van der Waals surface area contributed by atoms with Crippen molar-refractivity contribution < 1.29 is 9.13 Å².